The first-order chi connectivity index (χ1) is 19.8. The molecule has 4 aliphatic rings. The lowest BCUT2D eigenvalue weighted by Crippen LogP contribution is -2.52. The molecule has 12 heteroatoms. The molecule has 4 heterocycles. The van der Waals surface area contributed by atoms with Crippen molar-refractivity contribution in [3.8, 4) is 0 Å². The number of nitrogens with one attached hydrogen (secondary N) is 1. The molecular formula is C29H39N5O6S. The van der Waals surface area contributed by atoms with Crippen LogP contribution < -0.4 is 5.32 Å². The largest absolute Gasteiger partial charge is 0.466 e. The fraction of sp³-hybridized carbons (Fsp3) is 0.621. The van der Waals surface area contributed by atoms with Crippen molar-refractivity contribution in [1.82, 2.24) is 25.0 Å². The molecule has 222 valence electrons. The topological polar surface area (TPSA) is 121 Å². The normalized spacial score (nSPS) is 24.8. The Morgan fingerprint density at radius 3 is 2.12 bits per heavy atom. The molecule has 2 atom stereocenters. The lowest BCUT2D eigenvalue weighted by molar-refractivity contribution is -0.137. The maximum Gasteiger partial charge on any atom is 0.335 e. The van der Waals surface area contributed by atoms with Crippen LogP contribution in [0.15, 0.2) is 34.1 Å². The Morgan fingerprint density at radius 2 is 1.56 bits per heavy atom. The SMILES string of the molecule is COC(=O)C1=C(CCc2nccs2)NC(CC(=O)N2CCN(C3CC4CN(C(C)=O)CC4C3)CC2)=C(C(=O)OC)C1. The summed E-state index contributed by atoms with van der Waals surface area (Å²) in [5.41, 5.74) is 1.75. The van der Waals surface area contributed by atoms with Crippen molar-refractivity contribution in [3.63, 3.8) is 0 Å². The van der Waals surface area contributed by atoms with Gasteiger partial charge in [0.2, 0.25) is 11.8 Å². The number of allylic oxidation sites excluding steroid dienone is 1. The number of fused-ring (bicyclic) bond motifs is 1. The molecule has 3 fully saturated rings. The number of hydrogen-bond donors (Lipinski definition) is 1. The number of thiazole rings is 1. The molecule has 1 aliphatic carbocycles. The van der Waals surface area contributed by atoms with Crippen LogP contribution in [-0.4, -0.2) is 103 Å². The zero-order valence-corrected chi connectivity index (χ0v) is 24.8. The van der Waals surface area contributed by atoms with Crippen LogP contribution in [0.25, 0.3) is 0 Å². The van der Waals surface area contributed by atoms with Crippen LogP contribution in [0.1, 0.15) is 44.0 Å². The number of nitrogens with zero attached hydrogens (tertiary/aromatic N) is 4. The van der Waals surface area contributed by atoms with Gasteiger partial charge in [-0.25, -0.2) is 14.6 Å². The molecule has 0 spiro atoms. The number of esters is 2. The summed E-state index contributed by atoms with van der Waals surface area (Å²) in [7, 11) is 2.61. The number of dihydropyridines is 1. The van der Waals surface area contributed by atoms with Crippen molar-refractivity contribution in [1.29, 1.82) is 0 Å². The average molecular weight is 586 g/mol. The van der Waals surface area contributed by atoms with Crippen LogP contribution in [0.2, 0.25) is 0 Å². The van der Waals surface area contributed by atoms with Gasteiger partial charge in [-0.05, 0) is 31.1 Å². The maximum absolute atomic E-state index is 13.5. The van der Waals surface area contributed by atoms with Crippen molar-refractivity contribution >= 4 is 35.1 Å². The molecule has 1 aromatic heterocycles. The highest BCUT2D eigenvalue weighted by molar-refractivity contribution is 7.09. The Balaban J connectivity index is 1.20. The van der Waals surface area contributed by atoms with E-state index in [1.165, 1.54) is 25.6 Å². The number of hydrogen-bond acceptors (Lipinski definition) is 10. The van der Waals surface area contributed by atoms with Gasteiger partial charge >= 0.3 is 11.9 Å². The van der Waals surface area contributed by atoms with Crippen molar-refractivity contribution in [2.45, 2.75) is 51.5 Å². The molecule has 2 saturated heterocycles. The van der Waals surface area contributed by atoms with Gasteiger partial charge in [0.15, 0.2) is 0 Å². The number of piperazine rings is 1. The van der Waals surface area contributed by atoms with Crippen molar-refractivity contribution in [3.05, 3.63) is 39.1 Å². The molecule has 1 aromatic rings. The number of aryl methyl sites for hydroxylation is 1. The average Bonchev–Trinajstić information content (AvgIpc) is 3.73. The maximum atomic E-state index is 13.5. The molecule has 1 N–H and O–H groups in total. The van der Waals surface area contributed by atoms with E-state index < -0.39 is 11.9 Å². The first-order valence-electron chi connectivity index (χ1n) is 14.3. The molecule has 0 bridgehead atoms. The third kappa shape index (κ3) is 6.48. The van der Waals surface area contributed by atoms with E-state index in [4.69, 9.17) is 9.47 Å². The summed E-state index contributed by atoms with van der Waals surface area (Å²) in [6.07, 6.45) is 5.14. The van der Waals surface area contributed by atoms with Crippen LogP contribution in [-0.2, 0) is 35.1 Å². The van der Waals surface area contributed by atoms with E-state index in [1.807, 2.05) is 15.2 Å². The van der Waals surface area contributed by atoms with Crippen molar-refractivity contribution in [2.24, 2.45) is 11.8 Å². The third-order valence-electron chi connectivity index (χ3n) is 9.00. The second kappa shape index (κ2) is 12.7. The summed E-state index contributed by atoms with van der Waals surface area (Å²) in [5, 5.41) is 6.09. The fourth-order valence-electron chi connectivity index (χ4n) is 6.76. The minimum absolute atomic E-state index is 0.0219. The van der Waals surface area contributed by atoms with Gasteiger partial charge < -0.3 is 24.6 Å². The van der Waals surface area contributed by atoms with Gasteiger partial charge in [0.1, 0.15) is 0 Å². The summed E-state index contributed by atoms with van der Waals surface area (Å²) >= 11 is 1.54. The number of aromatic nitrogens is 1. The molecular weight excluding hydrogens is 546 g/mol. The molecule has 2 amide bonds. The number of methoxy groups -OCH3 is 2. The Morgan fingerprint density at radius 1 is 0.927 bits per heavy atom. The molecule has 2 unspecified atom stereocenters. The molecule has 1 saturated carbocycles. The number of carbonyl (C=O) groups excluding carboxylic acids is 4. The Bertz CT molecular complexity index is 1220. The second-order valence-corrected chi connectivity index (χ2v) is 12.3. The lowest BCUT2D eigenvalue weighted by Gasteiger charge is -2.39. The quantitative estimate of drug-likeness (QED) is 0.455. The van der Waals surface area contributed by atoms with Crippen molar-refractivity contribution in [2.75, 3.05) is 53.5 Å². The highest BCUT2D eigenvalue weighted by Crippen LogP contribution is 2.40. The zero-order chi connectivity index (χ0) is 29.1. The van der Waals surface area contributed by atoms with Gasteiger partial charge in [-0.2, -0.15) is 0 Å². The smallest absolute Gasteiger partial charge is 0.335 e. The Hall–Kier alpha value is -3.25. The highest BCUT2D eigenvalue weighted by atomic mass is 32.1. The van der Waals surface area contributed by atoms with Gasteiger partial charge in [0, 0.05) is 88.0 Å². The summed E-state index contributed by atoms with van der Waals surface area (Å²) in [6.45, 7) is 6.28. The minimum Gasteiger partial charge on any atom is -0.466 e. The first kappa shape index (κ1) is 29.2. The summed E-state index contributed by atoms with van der Waals surface area (Å²) in [5.74, 6) is 0.189. The molecule has 0 aromatic carbocycles. The Labute approximate surface area is 244 Å². The summed E-state index contributed by atoms with van der Waals surface area (Å²) in [6, 6.07) is 0.507. The second-order valence-electron chi connectivity index (χ2n) is 11.3. The van der Waals surface area contributed by atoms with Crippen LogP contribution in [0.3, 0.4) is 0 Å². The van der Waals surface area contributed by atoms with E-state index >= 15 is 0 Å². The lowest BCUT2D eigenvalue weighted by atomic mass is 9.94. The molecule has 41 heavy (non-hydrogen) atoms. The number of carbonyl (C=O) groups is 4. The van der Waals surface area contributed by atoms with Gasteiger partial charge in [-0.15, -0.1) is 11.3 Å². The monoisotopic (exact) mass is 585 g/mol. The van der Waals surface area contributed by atoms with Crippen LogP contribution in [0.5, 0.6) is 0 Å². The van der Waals surface area contributed by atoms with Gasteiger partial charge in [-0.3, -0.25) is 14.5 Å². The number of amides is 2. The molecule has 5 rings (SSSR count). The van der Waals surface area contributed by atoms with E-state index in [1.54, 1.807) is 13.1 Å². The first-order valence-corrected chi connectivity index (χ1v) is 15.2. The zero-order valence-electron chi connectivity index (χ0n) is 24.0. The van der Waals surface area contributed by atoms with E-state index in [0.29, 0.717) is 60.8 Å². The number of likely N-dealkylation sites (tertiary alicyclic amines) is 1. The summed E-state index contributed by atoms with van der Waals surface area (Å²) in [4.78, 5) is 61.2. The van der Waals surface area contributed by atoms with Crippen molar-refractivity contribution < 1.29 is 28.7 Å². The predicted molar refractivity (Wildman–Crippen MR) is 151 cm³/mol. The highest BCUT2D eigenvalue weighted by Gasteiger charge is 2.44. The molecule has 3 aliphatic heterocycles. The molecule has 0 radical (unpaired) electrons. The van der Waals surface area contributed by atoms with Gasteiger partial charge in [-0.1, -0.05) is 0 Å². The van der Waals surface area contributed by atoms with Crippen LogP contribution >= 0.6 is 11.3 Å². The van der Waals surface area contributed by atoms with Gasteiger partial charge in [0.05, 0.1) is 36.8 Å². The molecule has 11 nitrogen and oxygen atoms in total. The predicted octanol–water partition coefficient (Wildman–Crippen LogP) is 1.71. The van der Waals surface area contributed by atoms with E-state index in [-0.39, 0.29) is 30.2 Å². The van der Waals surface area contributed by atoms with E-state index in [2.05, 4.69) is 15.2 Å². The Kier molecular flexibility index (Phi) is 9.08. The minimum atomic E-state index is -0.569. The van der Waals surface area contributed by atoms with E-state index in [9.17, 15) is 19.2 Å². The van der Waals surface area contributed by atoms with E-state index in [0.717, 1.165) is 44.0 Å². The van der Waals surface area contributed by atoms with Crippen LogP contribution in [0.4, 0.5) is 0 Å². The fourth-order valence-corrected chi connectivity index (χ4v) is 7.38. The van der Waals surface area contributed by atoms with Gasteiger partial charge in [0.25, 0.3) is 0 Å². The number of ether oxygens (including phenoxy) is 2. The number of rotatable bonds is 8. The summed E-state index contributed by atoms with van der Waals surface area (Å²) < 4.78 is 10.0. The van der Waals surface area contributed by atoms with Crippen LogP contribution in [0, 0.1) is 11.8 Å². The third-order valence-corrected chi connectivity index (χ3v) is 9.84. The standard InChI is InChI=1S/C29H39N5O6S/c1-18(35)34-16-19-12-21(13-20(19)17-34)32-7-9-33(10-8-32)27(36)15-25-23(29(38)40-3)14-22(28(37)39-2)24(31-25)4-5-26-30-6-11-41-26/h6,11,19-21,31H,4-5,7-10,12-17H2,1-3H3.